The maximum atomic E-state index is 12.5. The monoisotopic (exact) mass is 330 g/mol. The molecule has 1 aliphatic rings. The quantitative estimate of drug-likeness (QED) is 0.528. The molecule has 130 valence electrons. The van der Waals surface area contributed by atoms with Crippen molar-refractivity contribution in [2.24, 2.45) is 5.73 Å². The van der Waals surface area contributed by atoms with Gasteiger partial charge in [0.05, 0.1) is 11.1 Å². The molecule has 1 atom stereocenters. The summed E-state index contributed by atoms with van der Waals surface area (Å²) >= 11 is 0. The molecular weight excluding hydrogens is 304 g/mol. The highest BCUT2D eigenvalue weighted by atomic mass is 16.2. The van der Waals surface area contributed by atoms with Crippen LogP contribution in [0.15, 0.2) is 24.3 Å². The Hall–Kier alpha value is -2.17. The number of fused-ring (bicyclic) bond motifs is 1. The first-order valence-electron chi connectivity index (χ1n) is 8.84. The summed E-state index contributed by atoms with van der Waals surface area (Å²) in [6.07, 6.45) is 8.19. The first-order valence-corrected chi connectivity index (χ1v) is 8.84. The molecule has 0 aromatic heterocycles. The number of carbonyl (C=O) groups is 3. The van der Waals surface area contributed by atoms with Crippen LogP contribution in [0.4, 0.5) is 0 Å². The summed E-state index contributed by atoms with van der Waals surface area (Å²) in [5.74, 6) is -1.44. The molecule has 5 heteroatoms. The Labute approximate surface area is 143 Å². The van der Waals surface area contributed by atoms with E-state index in [-0.39, 0.29) is 0 Å². The summed E-state index contributed by atoms with van der Waals surface area (Å²) in [7, 11) is 0. The molecule has 0 spiro atoms. The summed E-state index contributed by atoms with van der Waals surface area (Å²) in [6, 6.07) is 5.79. The van der Waals surface area contributed by atoms with E-state index in [1.807, 2.05) is 0 Å². The molecule has 0 bridgehead atoms. The van der Waals surface area contributed by atoms with E-state index in [0.29, 0.717) is 17.5 Å². The molecule has 1 aliphatic heterocycles. The van der Waals surface area contributed by atoms with Gasteiger partial charge in [-0.3, -0.25) is 19.3 Å². The van der Waals surface area contributed by atoms with Gasteiger partial charge in [-0.05, 0) is 18.6 Å². The summed E-state index contributed by atoms with van der Waals surface area (Å²) in [4.78, 5) is 37.8. The van der Waals surface area contributed by atoms with Gasteiger partial charge in [0.15, 0.2) is 0 Å². The molecule has 0 radical (unpaired) electrons. The summed E-state index contributed by atoms with van der Waals surface area (Å²) in [5.41, 5.74) is 6.18. The second-order valence-corrected chi connectivity index (χ2v) is 6.35. The lowest BCUT2D eigenvalue weighted by Gasteiger charge is -2.23. The van der Waals surface area contributed by atoms with E-state index >= 15 is 0 Å². The van der Waals surface area contributed by atoms with Gasteiger partial charge < -0.3 is 5.73 Å². The van der Waals surface area contributed by atoms with Gasteiger partial charge >= 0.3 is 0 Å². The van der Waals surface area contributed by atoms with Crippen molar-refractivity contribution in [2.75, 3.05) is 0 Å². The molecule has 5 nitrogen and oxygen atoms in total. The molecule has 0 saturated heterocycles. The second kappa shape index (κ2) is 8.62. The van der Waals surface area contributed by atoms with Crippen LogP contribution in [0.25, 0.3) is 0 Å². The Balaban J connectivity index is 1.93. The highest BCUT2D eigenvalue weighted by Crippen LogP contribution is 2.26. The van der Waals surface area contributed by atoms with Crippen molar-refractivity contribution in [3.63, 3.8) is 0 Å². The van der Waals surface area contributed by atoms with Gasteiger partial charge in [-0.15, -0.1) is 0 Å². The van der Waals surface area contributed by atoms with E-state index in [1.54, 1.807) is 24.3 Å². The minimum atomic E-state index is -0.854. The number of carbonyl (C=O) groups excluding carboxylic acids is 3. The van der Waals surface area contributed by atoms with Crippen molar-refractivity contribution in [2.45, 2.75) is 64.3 Å². The molecule has 0 saturated carbocycles. The molecule has 2 N–H and O–H groups in total. The molecule has 3 amide bonds. The van der Waals surface area contributed by atoms with Crippen LogP contribution in [0.1, 0.15) is 79.0 Å². The molecule has 1 unspecified atom stereocenters. The van der Waals surface area contributed by atoms with E-state index < -0.39 is 23.8 Å². The zero-order valence-corrected chi connectivity index (χ0v) is 14.3. The zero-order valence-electron chi connectivity index (χ0n) is 14.3. The number of benzene rings is 1. The molecule has 24 heavy (non-hydrogen) atoms. The van der Waals surface area contributed by atoms with Crippen molar-refractivity contribution in [3.8, 4) is 0 Å². The van der Waals surface area contributed by atoms with Crippen molar-refractivity contribution in [3.05, 3.63) is 35.4 Å². The highest BCUT2D eigenvalue weighted by molar-refractivity contribution is 6.22. The molecule has 0 aliphatic carbocycles. The van der Waals surface area contributed by atoms with E-state index in [1.165, 1.54) is 25.7 Å². The molecular formula is C19H26N2O3. The van der Waals surface area contributed by atoms with Crippen LogP contribution in [-0.4, -0.2) is 28.7 Å². The van der Waals surface area contributed by atoms with Crippen LogP contribution >= 0.6 is 0 Å². The maximum Gasteiger partial charge on any atom is 0.262 e. The lowest BCUT2D eigenvalue weighted by Crippen LogP contribution is -2.47. The van der Waals surface area contributed by atoms with Crippen molar-refractivity contribution < 1.29 is 14.4 Å². The standard InChI is InChI=1S/C19H26N2O3/c1-2-3-4-5-6-7-8-13-16(17(20)22)21-18(23)14-11-9-10-12-15(14)19(21)24/h9-12,16H,2-8,13H2,1H3,(H2,20,22). The van der Waals surface area contributed by atoms with Crippen LogP contribution in [0, 0.1) is 0 Å². The SMILES string of the molecule is CCCCCCCCCC(C(N)=O)N1C(=O)c2ccccc2C1=O. The fraction of sp³-hybridized carbons (Fsp3) is 0.526. The second-order valence-electron chi connectivity index (χ2n) is 6.35. The molecule has 1 aromatic carbocycles. The minimum Gasteiger partial charge on any atom is -0.368 e. The van der Waals surface area contributed by atoms with Crippen molar-refractivity contribution in [1.29, 1.82) is 0 Å². The number of nitrogens with two attached hydrogens (primary N) is 1. The predicted octanol–water partition coefficient (Wildman–Crippen LogP) is 3.28. The largest absolute Gasteiger partial charge is 0.368 e. The highest BCUT2D eigenvalue weighted by Gasteiger charge is 2.41. The van der Waals surface area contributed by atoms with Crippen LogP contribution in [0.2, 0.25) is 0 Å². The Morgan fingerprint density at radius 2 is 1.46 bits per heavy atom. The lowest BCUT2D eigenvalue weighted by atomic mass is 10.0. The number of rotatable bonds is 10. The Kier molecular flexibility index (Phi) is 6.53. The van der Waals surface area contributed by atoms with E-state index in [4.69, 9.17) is 5.73 Å². The van der Waals surface area contributed by atoms with Crippen LogP contribution in [-0.2, 0) is 4.79 Å². The number of amides is 3. The van der Waals surface area contributed by atoms with E-state index in [2.05, 4.69) is 6.92 Å². The average molecular weight is 330 g/mol. The number of hydrogen-bond acceptors (Lipinski definition) is 3. The van der Waals surface area contributed by atoms with E-state index in [9.17, 15) is 14.4 Å². The maximum absolute atomic E-state index is 12.5. The van der Waals surface area contributed by atoms with Crippen molar-refractivity contribution >= 4 is 17.7 Å². The lowest BCUT2D eigenvalue weighted by molar-refractivity contribution is -0.122. The predicted molar refractivity (Wildman–Crippen MR) is 92.5 cm³/mol. The van der Waals surface area contributed by atoms with Gasteiger partial charge in [0.1, 0.15) is 6.04 Å². The number of hydrogen-bond donors (Lipinski definition) is 1. The third-order valence-electron chi connectivity index (χ3n) is 4.55. The number of unbranched alkanes of at least 4 members (excludes halogenated alkanes) is 6. The molecule has 0 fully saturated rings. The normalized spacial score (nSPS) is 14.8. The Bertz CT molecular complexity index is 577. The topological polar surface area (TPSA) is 80.5 Å². The van der Waals surface area contributed by atoms with Gasteiger partial charge in [-0.25, -0.2) is 0 Å². The number of nitrogens with zero attached hydrogens (tertiary/aromatic N) is 1. The van der Waals surface area contributed by atoms with Gasteiger partial charge in [0.25, 0.3) is 11.8 Å². The summed E-state index contributed by atoms with van der Waals surface area (Å²) < 4.78 is 0. The van der Waals surface area contributed by atoms with Crippen molar-refractivity contribution in [1.82, 2.24) is 4.90 Å². The smallest absolute Gasteiger partial charge is 0.262 e. The molecule has 1 aromatic rings. The van der Waals surface area contributed by atoms with Crippen LogP contribution < -0.4 is 5.73 Å². The fourth-order valence-electron chi connectivity index (χ4n) is 3.18. The third-order valence-corrected chi connectivity index (χ3v) is 4.55. The third kappa shape index (κ3) is 4.02. The summed E-state index contributed by atoms with van der Waals surface area (Å²) in [5, 5.41) is 0. The molecule has 1 heterocycles. The van der Waals surface area contributed by atoms with Crippen LogP contribution in [0.5, 0.6) is 0 Å². The van der Waals surface area contributed by atoms with Gasteiger partial charge in [0, 0.05) is 0 Å². The number of primary amides is 1. The van der Waals surface area contributed by atoms with Gasteiger partial charge in [0.2, 0.25) is 5.91 Å². The average Bonchev–Trinajstić information content (AvgIpc) is 2.82. The number of imide groups is 1. The Morgan fingerprint density at radius 3 is 1.96 bits per heavy atom. The minimum absolute atomic E-state index is 0.355. The summed E-state index contributed by atoms with van der Waals surface area (Å²) in [6.45, 7) is 2.18. The zero-order chi connectivity index (χ0) is 17.5. The van der Waals surface area contributed by atoms with Crippen LogP contribution in [0.3, 0.4) is 0 Å². The van der Waals surface area contributed by atoms with Gasteiger partial charge in [-0.2, -0.15) is 0 Å². The van der Waals surface area contributed by atoms with E-state index in [0.717, 1.165) is 24.2 Å². The first kappa shape index (κ1) is 18.2. The van der Waals surface area contributed by atoms with Gasteiger partial charge in [-0.1, -0.05) is 64.0 Å². The molecule has 2 rings (SSSR count). The Morgan fingerprint density at radius 1 is 0.958 bits per heavy atom. The first-order chi connectivity index (χ1) is 11.6. The fourth-order valence-corrected chi connectivity index (χ4v) is 3.18.